The maximum Gasteiger partial charge on any atom is 0.227 e. The second-order valence-corrected chi connectivity index (χ2v) is 7.79. The highest BCUT2D eigenvalue weighted by atomic mass is 16.5. The minimum Gasteiger partial charge on any atom is -0.493 e. The van der Waals surface area contributed by atoms with Gasteiger partial charge >= 0.3 is 0 Å². The van der Waals surface area contributed by atoms with Gasteiger partial charge in [-0.25, -0.2) is 0 Å². The molecule has 1 fully saturated rings. The molecule has 0 aliphatic carbocycles. The summed E-state index contributed by atoms with van der Waals surface area (Å²) in [4.78, 5) is 17.3. The first-order valence-corrected chi connectivity index (χ1v) is 10.4. The average Bonchev–Trinajstić information content (AvgIpc) is 2.78. The molecule has 0 saturated carbocycles. The van der Waals surface area contributed by atoms with E-state index in [1.165, 1.54) is 5.56 Å². The molecule has 0 N–H and O–H groups in total. The third kappa shape index (κ3) is 5.25. The van der Waals surface area contributed by atoms with Gasteiger partial charge in [-0.15, -0.1) is 0 Å². The Morgan fingerprint density at radius 3 is 2.30 bits per heavy atom. The summed E-state index contributed by atoms with van der Waals surface area (Å²) < 4.78 is 16.3. The first-order chi connectivity index (χ1) is 14.5. The monoisotopic (exact) mass is 412 g/mol. The van der Waals surface area contributed by atoms with Crippen LogP contribution in [-0.4, -0.2) is 57.2 Å². The Balaban J connectivity index is 1.65. The van der Waals surface area contributed by atoms with Crippen molar-refractivity contribution in [3.05, 3.63) is 53.6 Å². The highest BCUT2D eigenvalue weighted by molar-refractivity contribution is 5.79. The molecule has 1 aliphatic rings. The first-order valence-electron chi connectivity index (χ1n) is 10.4. The van der Waals surface area contributed by atoms with E-state index in [0.717, 1.165) is 38.0 Å². The van der Waals surface area contributed by atoms with Gasteiger partial charge in [0.05, 0.1) is 27.2 Å². The third-order valence-corrected chi connectivity index (χ3v) is 5.62. The molecule has 6 heteroatoms. The highest BCUT2D eigenvalue weighted by Crippen LogP contribution is 2.38. The molecule has 0 bridgehead atoms. The normalized spacial score (nSPS) is 16.7. The molecule has 30 heavy (non-hydrogen) atoms. The minimum absolute atomic E-state index is 0.0227. The van der Waals surface area contributed by atoms with E-state index in [-0.39, 0.29) is 11.8 Å². The number of benzene rings is 2. The lowest BCUT2D eigenvalue weighted by Gasteiger charge is -2.34. The molecule has 3 rings (SSSR count). The van der Waals surface area contributed by atoms with Crippen molar-refractivity contribution in [1.82, 2.24) is 9.80 Å². The Morgan fingerprint density at radius 1 is 1.03 bits per heavy atom. The van der Waals surface area contributed by atoms with Gasteiger partial charge in [-0.2, -0.15) is 0 Å². The van der Waals surface area contributed by atoms with Crippen LogP contribution < -0.4 is 14.2 Å². The highest BCUT2D eigenvalue weighted by Gasteiger charge is 2.28. The fraction of sp³-hybridized carbons (Fsp3) is 0.458. The molecule has 2 aromatic carbocycles. The van der Waals surface area contributed by atoms with Gasteiger partial charge in [-0.05, 0) is 42.6 Å². The number of piperidine rings is 1. The summed E-state index contributed by atoms with van der Waals surface area (Å²) in [6.07, 6.45) is 1.98. The summed E-state index contributed by atoms with van der Waals surface area (Å²) in [5.41, 5.74) is 2.23. The number of amides is 1. The summed E-state index contributed by atoms with van der Waals surface area (Å²) in [5.74, 6) is 1.95. The van der Waals surface area contributed by atoms with Crippen molar-refractivity contribution in [2.45, 2.75) is 25.9 Å². The zero-order chi connectivity index (χ0) is 21.5. The SMILES string of the molecule is COc1cc(CN(C)C(=O)[C@@H]2CCCN(Cc3ccccc3)C2)cc(OC)c1OC. The molecule has 1 saturated heterocycles. The number of hydrogen-bond acceptors (Lipinski definition) is 5. The van der Waals surface area contributed by atoms with Crippen LogP contribution >= 0.6 is 0 Å². The van der Waals surface area contributed by atoms with Gasteiger partial charge in [-0.3, -0.25) is 9.69 Å². The van der Waals surface area contributed by atoms with E-state index in [4.69, 9.17) is 14.2 Å². The second kappa shape index (κ2) is 10.3. The first kappa shape index (κ1) is 22.0. The number of rotatable bonds is 8. The molecule has 0 spiro atoms. The van der Waals surface area contributed by atoms with Crippen LogP contribution in [0.4, 0.5) is 0 Å². The van der Waals surface area contributed by atoms with E-state index < -0.39 is 0 Å². The summed E-state index contributed by atoms with van der Waals surface area (Å²) in [6.45, 7) is 3.22. The van der Waals surface area contributed by atoms with Crippen LogP contribution in [0, 0.1) is 5.92 Å². The number of ether oxygens (including phenoxy) is 3. The zero-order valence-corrected chi connectivity index (χ0v) is 18.4. The van der Waals surface area contributed by atoms with Gasteiger partial charge in [0.2, 0.25) is 11.7 Å². The van der Waals surface area contributed by atoms with Gasteiger partial charge < -0.3 is 19.1 Å². The van der Waals surface area contributed by atoms with Crippen molar-refractivity contribution >= 4 is 5.91 Å². The minimum atomic E-state index is 0.0227. The number of carbonyl (C=O) groups excluding carboxylic acids is 1. The smallest absolute Gasteiger partial charge is 0.227 e. The van der Waals surface area contributed by atoms with Crippen molar-refractivity contribution in [2.75, 3.05) is 41.5 Å². The lowest BCUT2D eigenvalue weighted by molar-refractivity contribution is -0.136. The predicted molar refractivity (Wildman–Crippen MR) is 117 cm³/mol. The molecule has 0 radical (unpaired) electrons. The zero-order valence-electron chi connectivity index (χ0n) is 18.4. The van der Waals surface area contributed by atoms with Crippen LogP contribution in [0.2, 0.25) is 0 Å². The van der Waals surface area contributed by atoms with Crippen LogP contribution in [0.15, 0.2) is 42.5 Å². The lowest BCUT2D eigenvalue weighted by Crippen LogP contribution is -2.43. The van der Waals surface area contributed by atoms with E-state index in [1.54, 1.807) is 26.2 Å². The van der Waals surface area contributed by atoms with Gasteiger partial charge in [0.15, 0.2) is 11.5 Å². The maximum atomic E-state index is 13.1. The molecule has 1 atom stereocenters. The molecule has 1 aliphatic heterocycles. The third-order valence-electron chi connectivity index (χ3n) is 5.62. The van der Waals surface area contributed by atoms with Gasteiger partial charge in [0.25, 0.3) is 0 Å². The molecular weight excluding hydrogens is 380 g/mol. The molecule has 1 heterocycles. The quantitative estimate of drug-likeness (QED) is 0.663. The number of likely N-dealkylation sites (tertiary alicyclic amines) is 1. The van der Waals surface area contributed by atoms with E-state index in [2.05, 4.69) is 29.2 Å². The number of hydrogen-bond donors (Lipinski definition) is 0. The predicted octanol–water partition coefficient (Wildman–Crippen LogP) is 3.58. The van der Waals surface area contributed by atoms with E-state index >= 15 is 0 Å². The number of nitrogens with zero attached hydrogens (tertiary/aromatic N) is 2. The Labute approximate surface area is 179 Å². The Morgan fingerprint density at radius 2 is 1.70 bits per heavy atom. The van der Waals surface area contributed by atoms with Crippen LogP contribution in [0.3, 0.4) is 0 Å². The molecule has 6 nitrogen and oxygen atoms in total. The summed E-state index contributed by atoms with van der Waals surface area (Å²) in [5, 5.41) is 0. The van der Waals surface area contributed by atoms with Crippen molar-refractivity contribution in [3.63, 3.8) is 0 Å². The molecular formula is C24H32N2O4. The second-order valence-electron chi connectivity index (χ2n) is 7.79. The average molecular weight is 413 g/mol. The number of methoxy groups -OCH3 is 3. The van der Waals surface area contributed by atoms with Crippen molar-refractivity contribution < 1.29 is 19.0 Å². The molecule has 1 amide bonds. The molecule has 0 aromatic heterocycles. The lowest BCUT2D eigenvalue weighted by atomic mass is 9.96. The van der Waals surface area contributed by atoms with Crippen molar-refractivity contribution in [3.8, 4) is 17.2 Å². The maximum absolute atomic E-state index is 13.1. The van der Waals surface area contributed by atoms with Crippen LogP contribution in [0.25, 0.3) is 0 Å². The molecule has 2 aromatic rings. The number of carbonyl (C=O) groups is 1. The summed E-state index contributed by atoms with van der Waals surface area (Å²) in [7, 11) is 6.64. The van der Waals surface area contributed by atoms with Gasteiger partial charge in [0.1, 0.15) is 0 Å². The van der Waals surface area contributed by atoms with E-state index in [0.29, 0.717) is 23.8 Å². The summed E-state index contributed by atoms with van der Waals surface area (Å²) in [6, 6.07) is 14.2. The van der Waals surface area contributed by atoms with E-state index in [9.17, 15) is 4.79 Å². The summed E-state index contributed by atoms with van der Waals surface area (Å²) >= 11 is 0. The molecule has 0 unspecified atom stereocenters. The standard InChI is InChI=1S/C24H32N2O4/c1-25(15-19-13-21(28-2)23(30-4)22(14-19)29-3)24(27)20-11-8-12-26(17-20)16-18-9-6-5-7-10-18/h5-7,9-10,13-14,20H,8,11-12,15-17H2,1-4H3/t20-/m1/s1. The Bertz CT molecular complexity index is 815. The van der Waals surface area contributed by atoms with Crippen LogP contribution in [0.5, 0.6) is 17.2 Å². The van der Waals surface area contributed by atoms with Gasteiger partial charge in [-0.1, -0.05) is 30.3 Å². The van der Waals surface area contributed by atoms with Crippen molar-refractivity contribution in [1.29, 1.82) is 0 Å². The largest absolute Gasteiger partial charge is 0.493 e. The Kier molecular flexibility index (Phi) is 7.57. The van der Waals surface area contributed by atoms with Gasteiger partial charge in [0, 0.05) is 26.7 Å². The van der Waals surface area contributed by atoms with E-state index in [1.807, 2.05) is 25.2 Å². The van der Waals surface area contributed by atoms with Crippen molar-refractivity contribution in [2.24, 2.45) is 5.92 Å². The Hall–Kier alpha value is -2.73. The van der Waals surface area contributed by atoms with Crippen LogP contribution in [-0.2, 0) is 17.9 Å². The fourth-order valence-electron chi connectivity index (χ4n) is 4.13. The topological polar surface area (TPSA) is 51.2 Å². The fourth-order valence-corrected chi connectivity index (χ4v) is 4.13. The molecule has 162 valence electrons. The van der Waals surface area contributed by atoms with Crippen LogP contribution in [0.1, 0.15) is 24.0 Å².